The fourth-order valence-corrected chi connectivity index (χ4v) is 3.04. The molecule has 0 aliphatic carbocycles. The molecule has 3 rings (SSSR count). The zero-order chi connectivity index (χ0) is 18.0. The number of H-pyrrole nitrogens is 1. The molecule has 1 heterocycles. The Hall–Kier alpha value is -2.30. The molecule has 25 heavy (non-hydrogen) atoms. The number of anilines is 1. The number of hydrogen-bond acceptors (Lipinski definition) is 2. The van der Waals surface area contributed by atoms with Crippen LogP contribution in [0, 0.1) is 0 Å². The molecule has 0 saturated heterocycles. The van der Waals surface area contributed by atoms with Gasteiger partial charge in [0.25, 0.3) is 0 Å². The van der Waals surface area contributed by atoms with Crippen molar-refractivity contribution in [1.82, 2.24) is 4.98 Å². The maximum atomic E-state index is 12.9. The molecule has 4 nitrogen and oxygen atoms in total. The van der Waals surface area contributed by atoms with Gasteiger partial charge in [-0.2, -0.15) is 0 Å². The van der Waals surface area contributed by atoms with Gasteiger partial charge in [-0.25, -0.2) is 0 Å². The van der Waals surface area contributed by atoms with E-state index in [9.17, 15) is 9.59 Å². The molecule has 1 aromatic heterocycles. The smallest absolute Gasteiger partial charge is 0.224 e. The van der Waals surface area contributed by atoms with Crippen LogP contribution in [0.1, 0.15) is 35.8 Å². The monoisotopic (exact) mass is 374 g/mol. The summed E-state index contributed by atoms with van der Waals surface area (Å²) in [6.07, 6.45) is 1.10. The van der Waals surface area contributed by atoms with Crippen LogP contribution in [0.2, 0.25) is 10.0 Å². The third kappa shape index (κ3) is 3.70. The average molecular weight is 375 g/mol. The predicted octanol–water partition coefficient (Wildman–Crippen LogP) is 5.44. The lowest BCUT2D eigenvalue weighted by Gasteiger charge is -2.07. The molecule has 0 radical (unpaired) electrons. The van der Waals surface area contributed by atoms with Gasteiger partial charge in [0, 0.05) is 32.9 Å². The Kier molecular flexibility index (Phi) is 5.11. The summed E-state index contributed by atoms with van der Waals surface area (Å²) in [4.78, 5) is 28.1. The van der Waals surface area contributed by atoms with Crippen LogP contribution >= 0.6 is 23.2 Å². The summed E-state index contributed by atoms with van der Waals surface area (Å²) in [5, 5.41) is 4.60. The summed E-state index contributed by atoms with van der Waals surface area (Å²) in [5.41, 5.74) is 1.90. The fourth-order valence-electron chi connectivity index (χ4n) is 2.67. The van der Waals surface area contributed by atoms with Crippen LogP contribution < -0.4 is 5.32 Å². The van der Waals surface area contributed by atoms with Crippen LogP contribution in [0.3, 0.4) is 0 Å². The number of nitrogens with one attached hydrogen (secondary N) is 2. The van der Waals surface area contributed by atoms with E-state index in [2.05, 4.69) is 10.3 Å². The molecule has 128 valence electrons. The number of aromatic amines is 1. The number of carbonyl (C=O) groups is 2. The normalized spacial score (nSPS) is 10.8. The first-order valence-electron chi connectivity index (χ1n) is 7.91. The molecule has 0 atom stereocenters. The van der Waals surface area contributed by atoms with Crippen molar-refractivity contribution in [3.8, 4) is 0 Å². The highest BCUT2D eigenvalue weighted by Crippen LogP contribution is 2.31. The van der Waals surface area contributed by atoms with Crippen LogP contribution in [0.5, 0.6) is 0 Å². The molecule has 3 aromatic rings. The SMILES string of the molecule is CCCC(=O)Nc1c(C(=O)c2cccc(Cl)c2)[nH]c2cc(Cl)ccc12. The molecule has 0 saturated carbocycles. The second kappa shape index (κ2) is 7.30. The predicted molar refractivity (Wildman–Crippen MR) is 102 cm³/mol. The maximum absolute atomic E-state index is 12.9. The fraction of sp³-hybridized carbons (Fsp3) is 0.158. The van der Waals surface area contributed by atoms with Crippen molar-refractivity contribution in [3.05, 3.63) is 63.8 Å². The molecule has 6 heteroatoms. The Morgan fingerprint density at radius 2 is 1.84 bits per heavy atom. The lowest BCUT2D eigenvalue weighted by atomic mass is 10.1. The minimum absolute atomic E-state index is 0.140. The number of fused-ring (bicyclic) bond motifs is 1. The molecule has 0 spiro atoms. The Morgan fingerprint density at radius 3 is 2.56 bits per heavy atom. The minimum atomic E-state index is -0.248. The number of halogens is 2. The Bertz CT molecular complexity index is 963. The van der Waals surface area contributed by atoms with E-state index in [-0.39, 0.29) is 11.7 Å². The zero-order valence-electron chi connectivity index (χ0n) is 13.5. The number of rotatable bonds is 5. The van der Waals surface area contributed by atoms with Gasteiger partial charge in [-0.15, -0.1) is 0 Å². The van der Waals surface area contributed by atoms with E-state index in [1.165, 1.54) is 0 Å². The highest BCUT2D eigenvalue weighted by molar-refractivity contribution is 6.32. The van der Waals surface area contributed by atoms with E-state index in [1.807, 2.05) is 6.92 Å². The number of benzene rings is 2. The van der Waals surface area contributed by atoms with Crippen molar-refractivity contribution < 1.29 is 9.59 Å². The summed E-state index contributed by atoms with van der Waals surface area (Å²) in [6.45, 7) is 1.92. The Labute approximate surface area is 155 Å². The van der Waals surface area contributed by atoms with Gasteiger partial charge in [0.2, 0.25) is 11.7 Å². The van der Waals surface area contributed by atoms with Crippen molar-refractivity contribution in [1.29, 1.82) is 0 Å². The molecule has 0 unspecified atom stereocenters. The van der Waals surface area contributed by atoms with Gasteiger partial charge in [0.15, 0.2) is 0 Å². The molecule has 0 bridgehead atoms. The molecule has 0 fully saturated rings. The van der Waals surface area contributed by atoms with E-state index in [4.69, 9.17) is 23.2 Å². The average Bonchev–Trinajstić information content (AvgIpc) is 2.92. The van der Waals surface area contributed by atoms with Crippen molar-refractivity contribution in [2.45, 2.75) is 19.8 Å². The van der Waals surface area contributed by atoms with Gasteiger partial charge in [-0.05, 0) is 36.8 Å². The first kappa shape index (κ1) is 17.5. The molecule has 2 N–H and O–H groups in total. The van der Waals surface area contributed by atoms with Crippen LogP contribution in [-0.4, -0.2) is 16.7 Å². The first-order chi connectivity index (χ1) is 12.0. The first-order valence-corrected chi connectivity index (χ1v) is 8.66. The summed E-state index contributed by atoms with van der Waals surface area (Å²) in [5.74, 6) is -0.389. The van der Waals surface area contributed by atoms with Crippen molar-refractivity contribution >= 4 is 51.5 Å². The standard InChI is InChI=1S/C19H16Cl2N2O2/c1-2-4-16(24)23-17-14-8-7-13(21)10-15(14)22-18(17)19(25)11-5-3-6-12(20)9-11/h3,5-10,22H,2,4H2,1H3,(H,23,24). The van der Waals surface area contributed by atoms with E-state index < -0.39 is 0 Å². The van der Waals surface area contributed by atoms with Crippen LogP contribution in [0.4, 0.5) is 5.69 Å². The second-order valence-electron chi connectivity index (χ2n) is 5.70. The summed E-state index contributed by atoms with van der Waals surface area (Å²) >= 11 is 12.0. The summed E-state index contributed by atoms with van der Waals surface area (Å²) in [7, 11) is 0. The Balaban J connectivity index is 2.12. The van der Waals surface area contributed by atoms with E-state index in [0.29, 0.717) is 38.9 Å². The topological polar surface area (TPSA) is 62.0 Å². The molecule has 0 aliphatic rings. The van der Waals surface area contributed by atoms with Gasteiger partial charge in [-0.1, -0.05) is 42.3 Å². The van der Waals surface area contributed by atoms with Gasteiger partial charge in [0.05, 0.1) is 5.69 Å². The van der Waals surface area contributed by atoms with Gasteiger partial charge in [-0.3, -0.25) is 9.59 Å². The lowest BCUT2D eigenvalue weighted by Crippen LogP contribution is -2.14. The highest BCUT2D eigenvalue weighted by Gasteiger charge is 2.21. The van der Waals surface area contributed by atoms with Gasteiger partial charge in [0.1, 0.15) is 5.69 Å². The third-order valence-corrected chi connectivity index (χ3v) is 4.29. The lowest BCUT2D eigenvalue weighted by molar-refractivity contribution is -0.116. The number of amides is 1. The van der Waals surface area contributed by atoms with E-state index in [1.54, 1.807) is 42.5 Å². The number of carbonyl (C=O) groups excluding carboxylic acids is 2. The number of hydrogen-bond donors (Lipinski definition) is 2. The third-order valence-electron chi connectivity index (χ3n) is 3.82. The number of ketones is 1. The molecule has 2 aromatic carbocycles. The zero-order valence-corrected chi connectivity index (χ0v) is 15.0. The van der Waals surface area contributed by atoms with Crippen molar-refractivity contribution in [2.24, 2.45) is 0 Å². The summed E-state index contributed by atoms with van der Waals surface area (Å²) in [6, 6.07) is 11.9. The summed E-state index contributed by atoms with van der Waals surface area (Å²) < 4.78 is 0. The quantitative estimate of drug-likeness (QED) is 0.583. The van der Waals surface area contributed by atoms with Crippen molar-refractivity contribution in [3.63, 3.8) is 0 Å². The minimum Gasteiger partial charge on any atom is -0.350 e. The molecule has 0 aliphatic heterocycles. The van der Waals surface area contributed by atoms with Gasteiger partial charge >= 0.3 is 0 Å². The van der Waals surface area contributed by atoms with E-state index >= 15 is 0 Å². The molecular formula is C19H16Cl2N2O2. The van der Waals surface area contributed by atoms with E-state index in [0.717, 1.165) is 11.8 Å². The van der Waals surface area contributed by atoms with Gasteiger partial charge < -0.3 is 10.3 Å². The highest BCUT2D eigenvalue weighted by atomic mass is 35.5. The van der Waals surface area contributed by atoms with Crippen LogP contribution in [-0.2, 0) is 4.79 Å². The Morgan fingerprint density at radius 1 is 1.08 bits per heavy atom. The molecule has 1 amide bonds. The number of aromatic nitrogens is 1. The van der Waals surface area contributed by atoms with Crippen LogP contribution in [0.25, 0.3) is 10.9 Å². The largest absolute Gasteiger partial charge is 0.350 e. The van der Waals surface area contributed by atoms with Crippen molar-refractivity contribution in [2.75, 3.05) is 5.32 Å². The maximum Gasteiger partial charge on any atom is 0.224 e. The van der Waals surface area contributed by atoms with Crippen LogP contribution in [0.15, 0.2) is 42.5 Å². The second-order valence-corrected chi connectivity index (χ2v) is 6.58. The molecular weight excluding hydrogens is 359 g/mol.